The van der Waals surface area contributed by atoms with Gasteiger partial charge >= 0.3 is 0 Å². The lowest BCUT2D eigenvalue weighted by molar-refractivity contribution is 0.0578. The number of likely N-dealkylation sites (tertiary alicyclic amines) is 1. The van der Waals surface area contributed by atoms with Gasteiger partial charge in [0.15, 0.2) is 11.5 Å². The topological polar surface area (TPSA) is 30.9 Å². The van der Waals surface area contributed by atoms with E-state index in [9.17, 15) is 0 Å². The zero-order valence-corrected chi connectivity index (χ0v) is 17.2. The van der Waals surface area contributed by atoms with Gasteiger partial charge in [-0.3, -0.25) is 4.90 Å². The number of piperidine rings is 1. The molecule has 0 N–H and O–H groups in total. The van der Waals surface area contributed by atoms with Crippen LogP contribution in [-0.4, -0.2) is 44.4 Å². The first-order valence-corrected chi connectivity index (χ1v) is 10.4. The minimum atomic E-state index is 0.249. The molecule has 28 heavy (non-hydrogen) atoms. The average Bonchev–Trinajstić information content (AvgIpc) is 3.12. The van der Waals surface area contributed by atoms with Gasteiger partial charge in [-0.1, -0.05) is 18.2 Å². The van der Waals surface area contributed by atoms with Crippen molar-refractivity contribution in [3.05, 3.63) is 53.6 Å². The first kappa shape index (κ1) is 19.1. The summed E-state index contributed by atoms with van der Waals surface area (Å²) in [6.45, 7) is 4.54. The van der Waals surface area contributed by atoms with Crippen LogP contribution in [0.15, 0.2) is 42.5 Å². The van der Waals surface area contributed by atoms with Crippen LogP contribution in [0.4, 0.5) is 0 Å². The van der Waals surface area contributed by atoms with Crippen LogP contribution in [0.25, 0.3) is 0 Å². The molecule has 1 saturated heterocycles. The van der Waals surface area contributed by atoms with Crippen molar-refractivity contribution in [1.29, 1.82) is 0 Å². The highest BCUT2D eigenvalue weighted by molar-refractivity contribution is 5.41. The molecule has 1 aliphatic heterocycles. The van der Waals surface area contributed by atoms with E-state index in [0.717, 1.165) is 43.2 Å². The number of ether oxygens (including phenoxy) is 3. The van der Waals surface area contributed by atoms with Gasteiger partial charge in [0.25, 0.3) is 0 Å². The average molecular weight is 382 g/mol. The summed E-state index contributed by atoms with van der Waals surface area (Å²) in [4.78, 5) is 2.64. The van der Waals surface area contributed by atoms with Gasteiger partial charge < -0.3 is 14.2 Å². The number of fused-ring (bicyclic) bond motifs is 1. The lowest BCUT2D eigenvalue weighted by Crippen LogP contribution is -2.45. The number of hydrogen-bond donors (Lipinski definition) is 0. The molecule has 1 unspecified atom stereocenters. The van der Waals surface area contributed by atoms with Gasteiger partial charge in [-0.05, 0) is 73.9 Å². The second kappa shape index (κ2) is 8.44. The van der Waals surface area contributed by atoms with E-state index in [1.54, 1.807) is 14.2 Å². The fourth-order valence-corrected chi connectivity index (χ4v) is 4.72. The minimum absolute atomic E-state index is 0.249. The van der Waals surface area contributed by atoms with Gasteiger partial charge in [0.2, 0.25) is 0 Å². The zero-order valence-electron chi connectivity index (χ0n) is 17.2. The van der Waals surface area contributed by atoms with E-state index in [1.165, 1.54) is 24.0 Å². The Hall–Kier alpha value is -2.20. The van der Waals surface area contributed by atoms with Crippen molar-refractivity contribution < 1.29 is 14.2 Å². The van der Waals surface area contributed by atoms with E-state index in [0.29, 0.717) is 12.0 Å². The Balaban J connectivity index is 1.37. The Morgan fingerprint density at radius 3 is 2.57 bits per heavy atom. The van der Waals surface area contributed by atoms with Crippen molar-refractivity contribution in [1.82, 2.24) is 4.90 Å². The van der Waals surface area contributed by atoms with Crippen LogP contribution in [0.1, 0.15) is 43.2 Å². The van der Waals surface area contributed by atoms with E-state index < -0.39 is 0 Å². The molecule has 2 aromatic carbocycles. The molecule has 0 spiro atoms. The highest BCUT2D eigenvalue weighted by atomic mass is 16.5. The van der Waals surface area contributed by atoms with Crippen molar-refractivity contribution in [3.8, 4) is 17.2 Å². The molecule has 0 bridgehead atoms. The van der Waals surface area contributed by atoms with E-state index in [4.69, 9.17) is 14.2 Å². The summed E-state index contributed by atoms with van der Waals surface area (Å²) in [6, 6.07) is 15.0. The molecule has 3 atom stereocenters. The molecule has 4 rings (SSSR count). The largest absolute Gasteiger partial charge is 0.497 e. The van der Waals surface area contributed by atoms with E-state index >= 15 is 0 Å². The number of aryl methyl sites for hydroxylation is 1. The normalized spacial score (nSPS) is 24.6. The fourth-order valence-electron chi connectivity index (χ4n) is 4.72. The number of benzene rings is 2. The summed E-state index contributed by atoms with van der Waals surface area (Å²) in [7, 11) is 3.45. The predicted octanol–water partition coefficient (Wildman–Crippen LogP) is 4.67. The molecule has 0 saturated carbocycles. The smallest absolute Gasteiger partial charge is 0.161 e. The summed E-state index contributed by atoms with van der Waals surface area (Å²) in [5.74, 6) is 3.25. The highest BCUT2D eigenvalue weighted by Gasteiger charge is 2.31. The lowest BCUT2D eigenvalue weighted by Gasteiger charge is -2.39. The van der Waals surface area contributed by atoms with Crippen molar-refractivity contribution >= 4 is 0 Å². The lowest BCUT2D eigenvalue weighted by atomic mass is 9.95. The van der Waals surface area contributed by atoms with Crippen molar-refractivity contribution in [2.45, 2.75) is 50.7 Å². The third-order valence-electron chi connectivity index (χ3n) is 6.34. The standard InChI is InChI=1S/C24H31NO3/c1-17-14-21(28-24-7-5-4-6-23(24)27-3)12-13-25(17)16-19-9-8-18-10-11-20(26-2)15-22(18)19/h4-7,10-11,15,17,19,21H,8-9,12-14,16H2,1-3H3/t17-,19?,21-/m0/s1. The Morgan fingerprint density at radius 1 is 1.00 bits per heavy atom. The van der Waals surface area contributed by atoms with Crippen LogP contribution in [0.3, 0.4) is 0 Å². The van der Waals surface area contributed by atoms with E-state index in [1.807, 2.05) is 24.3 Å². The van der Waals surface area contributed by atoms with E-state index in [2.05, 4.69) is 30.0 Å². The molecule has 2 aliphatic rings. The third kappa shape index (κ3) is 3.97. The van der Waals surface area contributed by atoms with Crippen LogP contribution in [0, 0.1) is 0 Å². The SMILES string of the molecule is COc1ccc2c(c1)C(CN1CC[C@H](Oc3ccccc3OC)C[C@@H]1C)CC2. The number of nitrogens with zero attached hydrogens (tertiary/aromatic N) is 1. The number of para-hydroxylation sites is 2. The summed E-state index contributed by atoms with van der Waals surface area (Å²) in [5.41, 5.74) is 2.98. The quantitative estimate of drug-likeness (QED) is 0.728. The summed E-state index contributed by atoms with van der Waals surface area (Å²) >= 11 is 0. The second-order valence-electron chi connectivity index (χ2n) is 8.06. The highest BCUT2D eigenvalue weighted by Crippen LogP contribution is 2.37. The number of rotatable bonds is 6. The van der Waals surface area contributed by atoms with Crippen molar-refractivity contribution in [2.75, 3.05) is 27.3 Å². The maximum atomic E-state index is 6.28. The summed E-state index contributed by atoms with van der Waals surface area (Å²) in [6.07, 6.45) is 4.78. The number of hydrogen-bond acceptors (Lipinski definition) is 4. The molecule has 0 radical (unpaired) electrons. The van der Waals surface area contributed by atoms with Gasteiger partial charge in [-0.25, -0.2) is 0 Å². The molecular weight excluding hydrogens is 350 g/mol. The Bertz CT molecular complexity index is 806. The Morgan fingerprint density at radius 2 is 1.82 bits per heavy atom. The molecule has 1 aliphatic carbocycles. The molecule has 150 valence electrons. The second-order valence-corrected chi connectivity index (χ2v) is 8.06. The van der Waals surface area contributed by atoms with Crippen LogP contribution in [-0.2, 0) is 6.42 Å². The Kier molecular flexibility index (Phi) is 5.77. The van der Waals surface area contributed by atoms with Crippen LogP contribution in [0.2, 0.25) is 0 Å². The summed E-state index contributed by atoms with van der Waals surface area (Å²) in [5, 5.41) is 0. The Labute approximate surface area is 168 Å². The number of methoxy groups -OCH3 is 2. The third-order valence-corrected chi connectivity index (χ3v) is 6.34. The molecule has 4 heteroatoms. The van der Waals surface area contributed by atoms with Gasteiger partial charge in [-0.2, -0.15) is 0 Å². The molecule has 2 aromatic rings. The molecule has 0 amide bonds. The first-order valence-electron chi connectivity index (χ1n) is 10.4. The minimum Gasteiger partial charge on any atom is -0.497 e. The molecule has 1 fully saturated rings. The van der Waals surface area contributed by atoms with Gasteiger partial charge in [-0.15, -0.1) is 0 Å². The van der Waals surface area contributed by atoms with Gasteiger partial charge in [0.05, 0.1) is 14.2 Å². The molecule has 0 aromatic heterocycles. The first-order chi connectivity index (χ1) is 13.7. The monoisotopic (exact) mass is 381 g/mol. The zero-order chi connectivity index (χ0) is 19.5. The fraction of sp³-hybridized carbons (Fsp3) is 0.500. The molecule has 1 heterocycles. The maximum Gasteiger partial charge on any atom is 0.161 e. The van der Waals surface area contributed by atoms with Crippen LogP contribution < -0.4 is 14.2 Å². The predicted molar refractivity (Wildman–Crippen MR) is 112 cm³/mol. The van der Waals surface area contributed by atoms with Gasteiger partial charge in [0, 0.05) is 19.1 Å². The van der Waals surface area contributed by atoms with E-state index in [-0.39, 0.29) is 6.10 Å². The van der Waals surface area contributed by atoms with Gasteiger partial charge in [0.1, 0.15) is 11.9 Å². The van der Waals surface area contributed by atoms with Crippen molar-refractivity contribution in [3.63, 3.8) is 0 Å². The molecular formula is C24H31NO3. The van der Waals surface area contributed by atoms with Crippen LogP contribution in [0.5, 0.6) is 17.2 Å². The van der Waals surface area contributed by atoms with Crippen molar-refractivity contribution in [2.24, 2.45) is 0 Å². The van der Waals surface area contributed by atoms with Crippen LogP contribution >= 0.6 is 0 Å². The molecule has 4 nitrogen and oxygen atoms in total. The maximum absolute atomic E-state index is 6.28. The summed E-state index contributed by atoms with van der Waals surface area (Å²) < 4.78 is 17.2.